The zero-order chi connectivity index (χ0) is 18.2. The molecule has 5 nitrogen and oxygen atoms in total. The largest absolute Gasteiger partial charge is 0.353 e. The Hall–Kier alpha value is -2.37. The van der Waals surface area contributed by atoms with Crippen molar-refractivity contribution in [2.45, 2.75) is 6.04 Å². The minimum Gasteiger partial charge on any atom is -0.353 e. The van der Waals surface area contributed by atoms with Crippen LogP contribution in [0.15, 0.2) is 54.6 Å². The van der Waals surface area contributed by atoms with Gasteiger partial charge in [-0.05, 0) is 37.9 Å². The van der Waals surface area contributed by atoms with Gasteiger partial charge in [0, 0.05) is 17.1 Å². The van der Waals surface area contributed by atoms with Crippen LogP contribution in [0.3, 0.4) is 0 Å². The first-order valence-electron chi connectivity index (χ1n) is 8.00. The summed E-state index contributed by atoms with van der Waals surface area (Å²) in [7, 11) is 3.86. The monoisotopic (exact) mass is 359 g/mol. The molecule has 0 heterocycles. The number of carbonyl (C=O) groups is 2. The third kappa shape index (κ3) is 5.59. The maximum Gasteiger partial charge on any atom is 0.251 e. The fourth-order valence-corrected chi connectivity index (χ4v) is 2.70. The van der Waals surface area contributed by atoms with Crippen LogP contribution in [-0.4, -0.2) is 43.9 Å². The molecule has 2 aromatic rings. The highest BCUT2D eigenvalue weighted by atomic mass is 35.5. The third-order valence-corrected chi connectivity index (χ3v) is 4.17. The van der Waals surface area contributed by atoms with E-state index in [-0.39, 0.29) is 24.4 Å². The molecule has 1 unspecified atom stereocenters. The molecule has 25 heavy (non-hydrogen) atoms. The van der Waals surface area contributed by atoms with Gasteiger partial charge in [0.2, 0.25) is 5.91 Å². The van der Waals surface area contributed by atoms with Gasteiger partial charge in [0.25, 0.3) is 5.91 Å². The van der Waals surface area contributed by atoms with E-state index in [1.165, 1.54) is 0 Å². The lowest BCUT2D eigenvalue weighted by Gasteiger charge is -2.26. The number of nitrogens with one attached hydrogen (secondary N) is 2. The molecule has 2 amide bonds. The summed E-state index contributed by atoms with van der Waals surface area (Å²) in [6.45, 7) is 0.327. The second-order valence-corrected chi connectivity index (χ2v) is 6.26. The van der Waals surface area contributed by atoms with E-state index in [4.69, 9.17) is 11.6 Å². The molecule has 0 bridgehead atoms. The lowest BCUT2D eigenvalue weighted by Crippen LogP contribution is -2.40. The smallest absolute Gasteiger partial charge is 0.251 e. The minimum absolute atomic E-state index is 0.0533. The number of benzene rings is 2. The Balaban J connectivity index is 1.87. The van der Waals surface area contributed by atoms with Gasteiger partial charge < -0.3 is 15.5 Å². The molecular formula is C19H22ClN3O2. The summed E-state index contributed by atoms with van der Waals surface area (Å²) in [6, 6.07) is 16.3. The lowest BCUT2D eigenvalue weighted by atomic mass is 10.1. The van der Waals surface area contributed by atoms with Crippen LogP contribution in [0.25, 0.3) is 0 Å². The quantitative estimate of drug-likeness (QED) is 0.798. The van der Waals surface area contributed by atoms with Gasteiger partial charge in [0.1, 0.15) is 0 Å². The van der Waals surface area contributed by atoms with Crippen molar-refractivity contribution in [3.05, 3.63) is 70.7 Å². The number of halogens is 1. The van der Waals surface area contributed by atoms with Crippen LogP contribution in [0.5, 0.6) is 0 Å². The fourth-order valence-electron chi connectivity index (χ4n) is 2.44. The Morgan fingerprint density at radius 3 is 2.28 bits per heavy atom. The first kappa shape index (κ1) is 19.0. The van der Waals surface area contributed by atoms with E-state index in [1.54, 1.807) is 24.3 Å². The average molecular weight is 360 g/mol. The summed E-state index contributed by atoms with van der Waals surface area (Å²) in [4.78, 5) is 26.0. The number of hydrogen-bond acceptors (Lipinski definition) is 3. The molecule has 132 valence electrons. The molecule has 0 saturated heterocycles. The summed E-state index contributed by atoms with van der Waals surface area (Å²) in [5.41, 5.74) is 1.47. The Kier molecular flexibility index (Phi) is 6.98. The normalized spacial score (nSPS) is 11.8. The summed E-state index contributed by atoms with van der Waals surface area (Å²) in [5.74, 6) is -0.519. The van der Waals surface area contributed by atoms with Gasteiger partial charge in [-0.15, -0.1) is 0 Å². The van der Waals surface area contributed by atoms with E-state index >= 15 is 0 Å². The van der Waals surface area contributed by atoms with Crippen LogP contribution in [0.4, 0.5) is 0 Å². The highest BCUT2D eigenvalue weighted by Crippen LogP contribution is 2.25. The predicted octanol–water partition coefficient (Wildman–Crippen LogP) is 2.49. The minimum atomic E-state index is -0.272. The Morgan fingerprint density at radius 1 is 1.00 bits per heavy atom. The Bertz CT molecular complexity index is 720. The molecule has 6 heteroatoms. The fraction of sp³-hybridized carbons (Fsp3) is 0.263. The van der Waals surface area contributed by atoms with E-state index in [0.29, 0.717) is 17.1 Å². The molecule has 0 aliphatic carbocycles. The number of hydrogen-bond donors (Lipinski definition) is 2. The van der Waals surface area contributed by atoms with Crippen LogP contribution in [-0.2, 0) is 4.79 Å². The first-order valence-corrected chi connectivity index (χ1v) is 8.37. The van der Waals surface area contributed by atoms with Crippen molar-refractivity contribution in [1.82, 2.24) is 15.5 Å². The van der Waals surface area contributed by atoms with Crippen molar-refractivity contribution in [1.29, 1.82) is 0 Å². The number of carbonyl (C=O) groups excluding carboxylic acids is 2. The molecule has 2 N–H and O–H groups in total. The molecule has 0 saturated carbocycles. The van der Waals surface area contributed by atoms with E-state index in [0.717, 1.165) is 5.56 Å². The van der Waals surface area contributed by atoms with Crippen LogP contribution < -0.4 is 10.6 Å². The van der Waals surface area contributed by atoms with Crippen molar-refractivity contribution in [3.63, 3.8) is 0 Å². The highest BCUT2D eigenvalue weighted by Gasteiger charge is 2.18. The van der Waals surface area contributed by atoms with Crippen molar-refractivity contribution in [2.75, 3.05) is 27.2 Å². The zero-order valence-corrected chi connectivity index (χ0v) is 15.1. The second kappa shape index (κ2) is 9.20. The Labute approximate surface area is 153 Å². The lowest BCUT2D eigenvalue weighted by molar-refractivity contribution is -0.120. The predicted molar refractivity (Wildman–Crippen MR) is 99.7 cm³/mol. The molecule has 0 fully saturated rings. The van der Waals surface area contributed by atoms with Crippen molar-refractivity contribution >= 4 is 23.4 Å². The van der Waals surface area contributed by atoms with Gasteiger partial charge in [0.15, 0.2) is 0 Å². The van der Waals surface area contributed by atoms with Crippen molar-refractivity contribution < 1.29 is 9.59 Å². The molecule has 1 atom stereocenters. The number of likely N-dealkylation sites (N-methyl/N-ethyl adjacent to an activating group) is 1. The van der Waals surface area contributed by atoms with Gasteiger partial charge in [-0.3, -0.25) is 9.59 Å². The molecular weight excluding hydrogens is 338 g/mol. The molecule has 0 radical (unpaired) electrons. The highest BCUT2D eigenvalue weighted by molar-refractivity contribution is 6.31. The van der Waals surface area contributed by atoms with E-state index in [9.17, 15) is 9.59 Å². The Morgan fingerprint density at radius 2 is 1.64 bits per heavy atom. The van der Waals surface area contributed by atoms with Gasteiger partial charge in [-0.25, -0.2) is 0 Å². The molecule has 0 aromatic heterocycles. The molecule has 0 aliphatic heterocycles. The van der Waals surface area contributed by atoms with Crippen LogP contribution in [0.1, 0.15) is 22.0 Å². The van der Waals surface area contributed by atoms with Crippen molar-refractivity contribution in [2.24, 2.45) is 0 Å². The summed E-state index contributed by atoms with van der Waals surface area (Å²) in [6.07, 6.45) is 0. The van der Waals surface area contributed by atoms with Crippen LogP contribution in [0, 0.1) is 0 Å². The zero-order valence-electron chi connectivity index (χ0n) is 14.3. The molecule has 0 aliphatic rings. The summed E-state index contributed by atoms with van der Waals surface area (Å²) in [5, 5.41) is 6.11. The topological polar surface area (TPSA) is 61.4 Å². The summed E-state index contributed by atoms with van der Waals surface area (Å²) >= 11 is 6.25. The SMILES string of the molecule is CN(C)C(CNC(=O)CNC(=O)c1ccccc1)c1ccccc1Cl. The maximum atomic E-state index is 12.0. The standard InChI is InChI=1S/C19H22ClN3O2/c1-23(2)17(15-10-6-7-11-16(15)20)12-21-18(24)13-22-19(25)14-8-4-3-5-9-14/h3-11,17H,12-13H2,1-2H3,(H,21,24)(H,22,25). The number of rotatable bonds is 7. The first-order chi connectivity index (χ1) is 12.0. The van der Waals surface area contributed by atoms with Gasteiger partial charge in [0.05, 0.1) is 12.6 Å². The van der Waals surface area contributed by atoms with Crippen molar-refractivity contribution in [3.8, 4) is 0 Å². The van der Waals surface area contributed by atoms with Crippen LogP contribution in [0.2, 0.25) is 5.02 Å². The molecule has 2 rings (SSSR count). The van der Waals surface area contributed by atoms with Crippen LogP contribution >= 0.6 is 11.6 Å². The maximum absolute atomic E-state index is 12.0. The van der Waals surface area contributed by atoms with Gasteiger partial charge >= 0.3 is 0 Å². The average Bonchev–Trinajstić information content (AvgIpc) is 2.61. The summed E-state index contributed by atoms with van der Waals surface area (Å²) < 4.78 is 0. The van der Waals surface area contributed by atoms with E-state index in [2.05, 4.69) is 10.6 Å². The van der Waals surface area contributed by atoms with E-state index < -0.39 is 0 Å². The third-order valence-electron chi connectivity index (χ3n) is 3.83. The van der Waals surface area contributed by atoms with E-state index in [1.807, 2.05) is 49.3 Å². The number of amides is 2. The van der Waals surface area contributed by atoms with Gasteiger partial charge in [-0.1, -0.05) is 48.0 Å². The molecule has 2 aromatic carbocycles. The van der Waals surface area contributed by atoms with Gasteiger partial charge in [-0.2, -0.15) is 0 Å². The number of nitrogens with zero attached hydrogens (tertiary/aromatic N) is 1. The molecule has 0 spiro atoms. The second-order valence-electron chi connectivity index (χ2n) is 5.85.